The molecule has 0 saturated heterocycles. The summed E-state index contributed by atoms with van der Waals surface area (Å²) in [4.78, 5) is 13.2. The standard InChI is InChI=1S/C17H21NO3S/c1-21-17(20)16-10-9-14(22-16)8-5-11-18-12-15(19)13-6-3-2-4-7-13/h2-4,6-7,9-10,15,18-19H,5,8,11-12H2,1H3. The molecule has 1 aromatic heterocycles. The second-order valence-corrected chi connectivity index (χ2v) is 6.16. The third kappa shape index (κ3) is 4.94. The first kappa shape index (κ1) is 16.7. The first-order valence-electron chi connectivity index (χ1n) is 7.31. The largest absolute Gasteiger partial charge is 0.465 e. The van der Waals surface area contributed by atoms with Crippen molar-refractivity contribution in [2.45, 2.75) is 18.9 Å². The van der Waals surface area contributed by atoms with Crippen molar-refractivity contribution in [2.75, 3.05) is 20.2 Å². The van der Waals surface area contributed by atoms with E-state index in [1.165, 1.54) is 23.3 Å². The normalized spacial score (nSPS) is 12.1. The van der Waals surface area contributed by atoms with Crippen LogP contribution < -0.4 is 5.32 Å². The van der Waals surface area contributed by atoms with Gasteiger partial charge in [0.15, 0.2) is 0 Å². The molecule has 0 aliphatic rings. The zero-order valence-electron chi connectivity index (χ0n) is 12.6. The molecule has 2 N–H and O–H groups in total. The van der Waals surface area contributed by atoms with Crippen molar-refractivity contribution in [2.24, 2.45) is 0 Å². The van der Waals surface area contributed by atoms with Crippen LogP contribution >= 0.6 is 11.3 Å². The maximum atomic E-state index is 11.4. The smallest absolute Gasteiger partial charge is 0.348 e. The number of carbonyl (C=O) groups excluding carboxylic acids is 1. The van der Waals surface area contributed by atoms with E-state index in [2.05, 4.69) is 5.32 Å². The number of rotatable bonds is 8. The minimum atomic E-state index is -0.478. The molecular weight excluding hydrogens is 298 g/mol. The van der Waals surface area contributed by atoms with Gasteiger partial charge in [-0.1, -0.05) is 30.3 Å². The molecule has 1 atom stereocenters. The van der Waals surface area contributed by atoms with Gasteiger partial charge in [-0.2, -0.15) is 0 Å². The van der Waals surface area contributed by atoms with Crippen LogP contribution in [0.1, 0.15) is 32.6 Å². The lowest BCUT2D eigenvalue weighted by Gasteiger charge is -2.11. The van der Waals surface area contributed by atoms with Crippen LogP contribution in [-0.2, 0) is 11.2 Å². The summed E-state index contributed by atoms with van der Waals surface area (Å²) >= 11 is 1.48. The first-order chi connectivity index (χ1) is 10.7. The van der Waals surface area contributed by atoms with Crippen LogP contribution in [0.4, 0.5) is 0 Å². The van der Waals surface area contributed by atoms with Crippen molar-refractivity contribution in [1.82, 2.24) is 5.32 Å². The molecule has 0 fully saturated rings. The van der Waals surface area contributed by atoms with E-state index in [0.717, 1.165) is 24.9 Å². The maximum absolute atomic E-state index is 11.4. The Morgan fingerprint density at radius 2 is 2.05 bits per heavy atom. The molecule has 4 nitrogen and oxygen atoms in total. The Morgan fingerprint density at radius 3 is 2.77 bits per heavy atom. The minimum absolute atomic E-state index is 0.277. The average Bonchev–Trinajstić information content (AvgIpc) is 3.03. The molecule has 0 radical (unpaired) electrons. The molecule has 0 saturated carbocycles. The lowest BCUT2D eigenvalue weighted by molar-refractivity contribution is 0.0606. The number of aryl methyl sites for hydroxylation is 1. The number of nitrogens with one attached hydrogen (secondary N) is 1. The molecule has 0 aliphatic heterocycles. The van der Waals surface area contributed by atoms with Crippen molar-refractivity contribution < 1.29 is 14.6 Å². The van der Waals surface area contributed by atoms with Crippen molar-refractivity contribution in [3.63, 3.8) is 0 Å². The molecule has 118 valence electrons. The number of hydrogen-bond donors (Lipinski definition) is 2. The van der Waals surface area contributed by atoms with Crippen LogP contribution in [0.3, 0.4) is 0 Å². The quantitative estimate of drug-likeness (QED) is 0.580. The van der Waals surface area contributed by atoms with Crippen molar-refractivity contribution in [1.29, 1.82) is 0 Å². The van der Waals surface area contributed by atoms with E-state index < -0.39 is 6.10 Å². The predicted molar refractivity (Wildman–Crippen MR) is 88.3 cm³/mol. The number of carbonyl (C=O) groups is 1. The molecule has 2 rings (SSSR count). The summed E-state index contributed by atoms with van der Waals surface area (Å²) in [6.45, 7) is 1.37. The fourth-order valence-electron chi connectivity index (χ4n) is 2.14. The minimum Gasteiger partial charge on any atom is -0.465 e. The molecule has 5 heteroatoms. The highest BCUT2D eigenvalue weighted by atomic mass is 32.1. The van der Waals surface area contributed by atoms with Crippen LogP contribution in [0, 0.1) is 0 Å². The van der Waals surface area contributed by atoms with Gasteiger partial charge in [0.05, 0.1) is 13.2 Å². The van der Waals surface area contributed by atoms with E-state index in [1.54, 1.807) is 6.07 Å². The highest BCUT2D eigenvalue weighted by molar-refractivity contribution is 7.13. The Morgan fingerprint density at radius 1 is 1.27 bits per heavy atom. The second-order valence-electron chi connectivity index (χ2n) is 4.99. The third-order valence-corrected chi connectivity index (χ3v) is 4.47. The fraction of sp³-hybridized carbons (Fsp3) is 0.353. The summed E-state index contributed by atoms with van der Waals surface area (Å²) < 4.78 is 4.69. The number of aliphatic hydroxyl groups excluding tert-OH is 1. The number of hydrogen-bond acceptors (Lipinski definition) is 5. The van der Waals surface area contributed by atoms with Gasteiger partial charge >= 0.3 is 5.97 Å². The van der Waals surface area contributed by atoms with E-state index >= 15 is 0 Å². The summed E-state index contributed by atoms with van der Waals surface area (Å²) in [5, 5.41) is 13.3. The van der Waals surface area contributed by atoms with E-state index in [1.807, 2.05) is 36.4 Å². The van der Waals surface area contributed by atoms with Crippen LogP contribution in [0.2, 0.25) is 0 Å². The monoisotopic (exact) mass is 319 g/mol. The number of esters is 1. The topological polar surface area (TPSA) is 58.6 Å². The summed E-state index contributed by atoms with van der Waals surface area (Å²) in [5.41, 5.74) is 0.927. The summed E-state index contributed by atoms with van der Waals surface area (Å²) in [6.07, 6.45) is 1.40. The van der Waals surface area contributed by atoms with Gasteiger partial charge in [-0.25, -0.2) is 4.79 Å². The van der Waals surface area contributed by atoms with Gasteiger partial charge < -0.3 is 15.2 Å². The Kier molecular flexibility index (Phi) is 6.58. The van der Waals surface area contributed by atoms with E-state index in [0.29, 0.717) is 11.4 Å². The Labute approximate surface area is 134 Å². The van der Waals surface area contributed by atoms with Gasteiger partial charge in [0, 0.05) is 11.4 Å². The van der Waals surface area contributed by atoms with Crippen LogP contribution in [0.15, 0.2) is 42.5 Å². The average molecular weight is 319 g/mol. The van der Waals surface area contributed by atoms with Gasteiger partial charge in [0.1, 0.15) is 4.88 Å². The molecule has 0 amide bonds. The Bertz CT molecular complexity index is 583. The molecule has 1 heterocycles. The number of ether oxygens (including phenoxy) is 1. The first-order valence-corrected chi connectivity index (χ1v) is 8.13. The van der Waals surface area contributed by atoms with Crippen LogP contribution in [0.25, 0.3) is 0 Å². The highest BCUT2D eigenvalue weighted by Crippen LogP contribution is 2.18. The van der Waals surface area contributed by atoms with Crippen molar-refractivity contribution >= 4 is 17.3 Å². The fourth-order valence-corrected chi connectivity index (χ4v) is 3.11. The predicted octanol–water partition coefficient (Wildman–Crippen LogP) is 2.79. The van der Waals surface area contributed by atoms with Gasteiger partial charge in [0.25, 0.3) is 0 Å². The SMILES string of the molecule is COC(=O)c1ccc(CCCNCC(O)c2ccccc2)s1. The number of methoxy groups -OCH3 is 1. The van der Waals surface area contributed by atoms with Gasteiger partial charge in [-0.05, 0) is 37.1 Å². The number of aliphatic hydroxyl groups is 1. The lowest BCUT2D eigenvalue weighted by atomic mass is 10.1. The molecule has 22 heavy (non-hydrogen) atoms. The van der Waals surface area contributed by atoms with E-state index in [-0.39, 0.29) is 5.97 Å². The van der Waals surface area contributed by atoms with Gasteiger partial charge in [-0.15, -0.1) is 11.3 Å². The second kappa shape index (κ2) is 8.68. The number of benzene rings is 1. The number of thiophene rings is 1. The zero-order chi connectivity index (χ0) is 15.8. The van der Waals surface area contributed by atoms with Crippen molar-refractivity contribution in [3.05, 3.63) is 57.8 Å². The van der Waals surface area contributed by atoms with E-state index in [9.17, 15) is 9.90 Å². The summed E-state index contributed by atoms with van der Waals surface area (Å²) in [5.74, 6) is -0.277. The highest BCUT2D eigenvalue weighted by Gasteiger charge is 2.09. The maximum Gasteiger partial charge on any atom is 0.348 e. The molecular formula is C17H21NO3S. The summed E-state index contributed by atoms with van der Waals surface area (Å²) in [6, 6.07) is 13.4. The Hall–Kier alpha value is -1.69. The molecule has 2 aromatic rings. The van der Waals surface area contributed by atoms with Gasteiger partial charge in [0.2, 0.25) is 0 Å². The van der Waals surface area contributed by atoms with E-state index in [4.69, 9.17) is 4.74 Å². The summed E-state index contributed by atoms with van der Waals surface area (Å²) in [7, 11) is 1.39. The molecule has 1 aromatic carbocycles. The Balaban J connectivity index is 1.65. The molecule has 0 spiro atoms. The van der Waals surface area contributed by atoms with Crippen LogP contribution in [0.5, 0.6) is 0 Å². The third-order valence-electron chi connectivity index (χ3n) is 3.35. The van der Waals surface area contributed by atoms with Crippen molar-refractivity contribution in [3.8, 4) is 0 Å². The molecule has 1 unspecified atom stereocenters. The zero-order valence-corrected chi connectivity index (χ0v) is 13.4. The molecule has 0 aliphatic carbocycles. The van der Waals surface area contributed by atoms with Gasteiger partial charge in [-0.3, -0.25) is 0 Å². The van der Waals surface area contributed by atoms with Crippen LogP contribution in [-0.4, -0.2) is 31.3 Å². The molecule has 0 bridgehead atoms. The lowest BCUT2D eigenvalue weighted by Crippen LogP contribution is -2.22.